The summed E-state index contributed by atoms with van der Waals surface area (Å²) in [4.78, 5) is 0. The van der Waals surface area contributed by atoms with Crippen molar-refractivity contribution in [3.05, 3.63) is 29.8 Å². The van der Waals surface area contributed by atoms with Crippen LogP contribution in [0.1, 0.15) is 53.5 Å². The molecule has 0 atom stereocenters. The second-order valence-corrected chi connectivity index (χ2v) is 7.19. The average molecular weight is 278 g/mol. The summed E-state index contributed by atoms with van der Waals surface area (Å²) < 4.78 is 10.9. The lowest BCUT2D eigenvalue weighted by Gasteiger charge is -2.33. The van der Waals surface area contributed by atoms with Crippen molar-refractivity contribution >= 4 is 0 Å². The van der Waals surface area contributed by atoms with Crippen LogP contribution in [0.3, 0.4) is 0 Å². The van der Waals surface area contributed by atoms with Crippen LogP contribution in [-0.2, 0) is 10.2 Å². The maximum absolute atomic E-state index is 5.65. The predicted molar refractivity (Wildman–Crippen MR) is 85.5 cm³/mol. The predicted octanol–water partition coefficient (Wildman–Crippen LogP) is 4.82. The van der Waals surface area contributed by atoms with Crippen molar-refractivity contribution in [1.29, 1.82) is 0 Å². The fourth-order valence-corrected chi connectivity index (χ4v) is 2.79. The Morgan fingerprint density at radius 3 is 2.00 bits per heavy atom. The summed E-state index contributed by atoms with van der Waals surface area (Å²) >= 11 is 0. The van der Waals surface area contributed by atoms with Gasteiger partial charge in [0.2, 0.25) is 0 Å². The third-order valence-electron chi connectivity index (χ3n) is 3.31. The Balaban J connectivity index is 2.61. The molecule has 114 valence electrons. The molecule has 1 rings (SSSR count). The summed E-state index contributed by atoms with van der Waals surface area (Å²) in [5.74, 6) is 0.917. The summed E-state index contributed by atoms with van der Waals surface area (Å²) in [6, 6.07) is 8.49. The zero-order chi connectivity index (χ0) is 15.2. The third kappa shape index (κ3) is 5.96. The molecule has 0 bridgehead atoms. The van der Waals surface area contributed by atoms with Gasteiger partial charge in [-0.2, -0.15) is 0 Å². The van der Waals surface area contributed by atoms with Crippen molar-refractivity contribution in [1.82, 2.24) is 0 Å². The average Bonchev–Trinajstić information content (AvgIpc) is 2.32. The van der Waals surface area contributed by atoms with E-state index in [4.69, 9.17) is 9.47 Å². The first kappa shape index (κ1) is 17.0. The van der Waals surface area contributed by atoms with Gasteiger partial charge in [0.1, 0.15) is 12.4 Å². The molecule has 0 unspecified atom stereocenters. The molecule has 0 heterocycles. The molecule has 0 fully saturated rings. The van der Waals surface area contributed by atoms with Crippen molar-refractivity contribution in [2.24, 2.45) is 5.41 Å². The van der Waals surface area contributed by atoms with Gasteiger partial charge in [0.15, 0.2) is 0 Å². The number of hydrogen-bond donors (Lipinski definition) is 0. The molecule has 0 saturated carbocycles. The lowest BCUT2D eigenvalue weighted by Crippen LogP contribution is -2.24. The molecule has 0 aromatic heterocycles. The maximum Gasteiger partial charge on any atom is 0.119 e. The topological polar surface area (TPSA) is 18.5 Å². The van der Waals surface area contributed by atoms with Crippen molar-refractivity contribution in [3.63, 3.8) is 0 Å². The lowest BCUT2D eigenvalue weighted by molar-refractivity contribution is 0.110. The molecule has 0 aliphatic carbocycles. The van der Waals surface area contributed by atoms with Crippen LogP contribution in [0.2, 0.25) is 0 Å². The Bertz CT molecular complexity index is 385. The molecule has 0 N–H and O–H groups in total. The standard InChI is InChI=1S/C18H30O2/c1-7-19-12-13-20-16-10-8-15(9-11-16)18(5,6)14-17(2,3)4/h8-11H,7,12-14H2,1-6H3. The largest absolute Gasteiger partial charge is 0.491 e. The van der Waals surface area contributed by atoms with Gasteiger partial charge in [0.05, 0.1) is 6.61 Å². The van der Waals surface area contributed by atoms with Gasteiger partial charge >= 0.3 is 0 Å². The molecule has 20 heavy (non-hydrogen) atoms. The van der Waals surface area contributed by atoms with E-state index in [1.165, 1.54) is 5.56 Å². The van der Waals surface area contributed by atoms with Gasteiger partial charge in [-0.05, 0) is 41.9 Å². The molecule has 1 aromatic rings. The molecule has 0 saturated heterocycles. The summed E-state index contributed by atoms with van der Waals surface area (Å²) in [6.45, 7) is 15.5. The summed E-state index contributed by atoms with van der Waals surface area (Å²) in [7, 11) is 0. The monoisotopic (exact) mass is 278 g/mol. The highest BCUT2D eigenvalue weighted by Gasteiger charge is 2.27. The van der Waals surface area contributed by atoms with E-state index in [2.05, 4.69) is 58.9 Å². The summed E-state index contributed by atoms with van der Waals surface area (Å²) in [6.07, 6.45) is 1.16. The normalized spacial score (nSPS) is 12.5. The minimum absolute atomic E-state index is 0.183. The maximum atomic E-state index is 5.65. The number of ether oxygens (including phenoxy) is 2. The van der Waals surface area contributed by atoms with Gasteiger partial charge in [-0.3, -0.25) is 0 Å². The Morgan fingerprint density at radius 2 is 1.50 bits per heavy atom. The van der Waals surface area contributed by atoms with Crippen molar-refractivity contribution < 1.29 is 9.47 Å². The highest BCUT2D eigenvalue weighted by atomic mass is 16.5. The van der Waals surface area contributed by atoms with Crippen LogP contribution >= 0.6 is 0 Å². The molecule has 0 amide bonds. The highest BCUT2D eigenvalue weighted by Crippen LogP contribution is 2.36. The van der Waals surface area contributed by atoms with Gasteiger partial charge in [0.25, 0.3) is 0 Å². The number of benzene rings is 1. The number of hydrogen-bond acceptors (Lipinski definition) is 2. The fraction of sp³-hybridized carbons (Fsp3) is 0.667. The first-order valence-corrected chi connectivity index (χ1v) is 7.56. The molecular weight excluding hydrogens is 248 g/mol. The second kappa shape index (κ2) is 7.12. The quantitative estimate of drug-likeness (QED) is 0.666. The Morgan fingerprint density at radius 1 is 0.900 bits per heavy atom. The Labute approximate surface area is 124 Å². The van der Waals surface area contributed by atoms with Crippen LogP contribution in [-0.4, -0.2) is 19.8 Å². The van der Waals surface area contributed by atoms with Crippen molar-refractivity contribution in [2.75, 3.05) is 19.8 Å². The van der Waals surface area contributed by atoms with E-state index in [1.807, 2.05) is 6.92 Å². The second-order valence-electron chi connectivity index (χ2n) is 7.19. The first-order valence-electron chi connectivity index (χ1n) is 7.56. The Kier molecular flexibility index (Phi) is 6.07. The van der Waals surface area contributed by atoms with Crippen LogP contribution in [0, 0.1) is 5.41 Å². The van der Waals surface area contributed by atoms with E-state index in [1.54, 1.807) is 0 Å². The molecule has 2 heteroatoms. The zero-order valence-electron chi connectivity index (χ0n) is 14.0. The molecule has 0 spiro atoms. The Hall–Kier alpha value is -1.02. The van der Waals surface area contributed by atoms with Gasteiger partial charge in [-0.1, -0.05) is 46.8 Å². The van der Waals surface area contributed by atoms with Crippen molar-refractivity contribution in [2.45, 2.75) is 53.4 Å². The zero-order valence-corrected chi connectivity index (χ0v) is 14.0. The molecule has 1 aromatic carbocycles. The molecule has 2 nitrogen and oxygen atoms in total. The first-order chi connectivity index (χ1) is 9.24. The van der Waals surface area contributed by atoms with Crippen LogP contribution in [0.4, 0.5) is 0 Å². The van der Waals surface area contributed by atoms with Crippen LogP contribution in [0.25, 0.3) is 0 Å². The van der Waals surface area contributed by atoms with Crippen molar-refractivity contribution in [3.8, 4) is 5.75 Å². The van der Waals surface area contributed by atoms with Crippen LogP contribution < -0.4 is 4.74 Å². The van der Waals surface area contributed by atoms with Gasteiger partial charge < -0.3 is 9.47 Å². The minimum Gasteiger partial charge on any atom is -0.491 e. The van der Waals surface area contributed by atoms with E-state index in [9.17, 15) is 0 Å². The van der Waals surface area contributed by atoms with E-state index in [-0.39, 0.29) is 5.41 Å². The van der Waals surface area contributed by atoms with Gasteiger partial charge in [-0.25, -0.2) is 0 Å². The van der Waals surface area contributed by atoms with E-state index >= 15 is 0 Å². The van der Waals surface area contributed by atoms with Crippen LogP contribution in [0.15, 0.2) is 24.3 Å². The SMILES string of the molecule is CCOCCOc1ccc(C(C)(C)CC(C)(C)C)cc1. The summed E-state index contributed by atoms with van der Waals surface area (Å²) in [5.41, 5.74) is 1.88. The summed E-state index contributed by atoms with van der Waals surface area (Å²) in [5, 5.41) is 0. The van der Waals surface area contributed by atoms with E-state index < -0.39 is 0 Å². The third-order valence-corrected chi connectivity index (χ3v) is 3.31. The molecule has 0 aliphatic heterocycles. The molecule has 0 radical (unpaired) electrons. The smallest absolute Gasteiger partial charge is 0.119 e. The highest BCUT2D eigenvalue weighted by molar-refractivity contribution is 5.31. The molecular formula is C18H30O2. The molecule has 0 aliphatic rings. The van der Waals surface area contributed by atoms with Gasteiger partial charge in [0, 0.05) is 6.61 Å². The lowest BCUT2D eigenvalue weighted by atomic mass is 9.72. The van der Waals surface area contributed by atoms with E-state index in [0.29, 0.717) is 18.6 Å². The van der Waals surface area contributed by atoms with E-state index in [0.717, 1.165) is 18.8 Å². The van der Waals surface area contributed by atoms with Crippen LogP contribution in [0.5, 0.6) is 5.75 Å². The van der Waals surface area contributed by atoms with Gasteiger partial charge in [-0.15, -0.1) is 0 Å². The fourth-order valence-electron chi connectivity index (χ4n) is 2.79. The number of rotatable bonds is 7. The minimum atomic E-state index is 0.183.